The van der Waals surface area contributed by atoms with Crippen molar-refractivity contribution in [3.8, 4) is 0 Å². The predicted octanol–water partition coefficient (Wildman–Crippen LogP) is 4.11. The highest BCUT2D eigenvalue weighted by Crippen LogP contribution is 2.38. The lowest BCUT2D eigenvalue weighted by Crippen LogP contribution is -2.54. The van der Waals surface area contributed by atoms with Crippen LogP contribution in [0.15, 0.2) is 36.4 Å². The number of carbonyl (C=O) groups is 3. The van der Waals surface area contributed by atoms with Crippen molar-refractivity contribution in [1.29, 1.82) is 0 Å². The van der Waals surface area contributed by atoms with Crippen LogP contribution in [0.4, 0.5) is 25.0 Å². The first-order chi connectivity index (χ1) is 18.5. The van der Waals surface area contributed by atoms with Gasteiger partial charge in [-0.1, -0.05) is 12.1 Å². The lowest BCUT2D eigenvalue weighted by Gasteiger charge is -2.35. The Kier molecular flexibility index (Phi) is 8.36. The Hall–Kier alpha value is -3.77. The molecule has 3 amide bonds. The molecule has 4 N–H and O–H groups in total. The summed E-state index contributed by atoms with van der Waals surface area (Å²) in [5.41, 5.74) is 1.77. The summed E-state index contributed by atoms with van der Waals surface area (Å²) >= 11 is 0. The quantitative estimate of drug-likeness (QED) is 0.402. The van der Waals surface area contributed by atoms with Crippen molar-refractivity contribution in [1.82, 2.24) is 10.2 Å². The Morgan fingerprint density at radius 3 is 2.38 bits per heavy atom. The van der Waals surface area contributed by atoms with Crippen LogP contribution in [0.1, 0.15) is 50.8 Å². The maximum atomic E-state index is 14.4. The van der Waals surface area contributed by atoms with E-state index in [1.165, 1.54) is 17.0 Å². The average Bonchev–Trinajstić information content (AvgIpc) is 3.27. The van der Waals surface area contributed by atoms with E-state index in [0.717, 1.165) is 12.1 Å². The molecule has 1 unspecified atom stereocenters. The van der Waals surface area contributed by atoms with E-state index in [1.807, 2.05) is 5.48 Å². The van der Waals surface area contributed by atoms with Crippen LogP contribution >= 0.6 is 0 Å². The van der Waals surface area contributed by atoms with Crippen LogP contribution in [0.25, 0.3) is 0 Å². The summed E-state index contributed by atoms with van der Waals surface area (Å²) in [4.78, 5) is 41.6. The third-order valence-corrected chi connectivity index (χ3v) is 6.64. The van der Waals surface area contributed by atoms with Gasteiger partial charge in [0.2, 0.25) is 5.91 Å². The summed E-state index contributed by atoms with van der Waals surface area (Å²) in [7, 11) is 0. The lowest BCUT2D eigenvalue weighted by atomic mass is 9.90. The highest BCUT2D eigenvalue weighted by atomic mass is 19.1. The fourth-order valence-corrected chi connectivity index (χ4v) is 4.85. The average molecular weight is 547 g/mol. The van der Waals surface area contributed by atoms with Gasteiger partial charge < -0.3 is 25.0 Å². The Labute approximate surface area is 224 Å². The number of para-hydroxylation sites is 1. The second kappa shape index (κ2) is 11.5. The minimum Gasteiger partial charge on any atom is -0.444 e. The fraction of sp³-hybridized carbons (Fsp3) is 0.444. The molecule has 0 aliphatic carbocycles. The topological polar surface area (TPSA) is 129 Å². The van der Waals surface area contributed by atoms with Gasteiger partial charge in [-0.15, -0.1) is 0 Å². The van der Waals surface area contributed by atoms with E-state index in [0.29, 0.717) is 37.2 Å². The van der Waals surface area contributed by atoms with Crippen LogP contribution in [0.5, 0.6) is 0 Å². The van der Waals surface area contributed by atoms with Crippen LogP contribution < -0.4 is 16.1 Å². The van der Waals surface area contributed by atoms with Gasteiger partial charge in [-0.2, -0.15) is 0 Å². The van der Waals surface area contributed by atoms with Crippen LogP contribution in [-0.2, 0) is 25.6 Å². The Balaban J connectivity index is 1.69. The number of hydrogen-bond acceptors (Lipinski definition) is 7. The Morgan fingerprint density at radius 1 is 1.10 bits per heavy atom. The number of carbonyl (C=O) groups excluding carboxylic acids is 3. The highest BCUT2D eigenvalue weighted by Gasteiger charge is 2.44. The van der Waals surface area contributed by atoms with E-state index in [9.17, 15) is 28.4 Å². The number of rotatable bonds is 6. The lowest BCUT2D eigenvalue weighted by molar-refractivity contribution is -0.142. The van der Waals surface area contributed by atoms with Crippen molar-refractivity contribution in [2.45, 2.75) is 57.8 Å². The molecule has 2 atom stereocenters. The van der Waals surface area contributed by atoms with Crippen molar-refractivity contribution in [3.63, 3.8) is 0 Å². The molecule has 39 heavy (non-hydrogen) atoms. The van der Waals surface area contributed by atoms with Crippen LogP contribution in [-0.4, -0.2) is 52.9 Å². The number of halogens is 2. The maximum absolute atomic E-state index is 14.4. The summed E-state index contributed by atoms with van der Waals surface area (Å²) in [6, 6.07) is 5.50. The molecule has 0 spiro atoms. The third-order valence-electron chi connectivity index (χ3n) is 6.64. The van der Waals surface area contributed by atoms with Crippen LogP contribution in [0, 0.1) is 17.6 Å². The van der Waals surface area contributed by atoms with Gasteiger partial charge in [0.1, 0.15) is 35.0 Å². The minimum absolute atomic E-state index is 0.00651. The van der Waals surface area contributed by atoms with Crippen molar-refractivity contribution < 1.29 is 37.8 Å². The number of fused-ring (bicyclic) bond motifs is 1. The zero-order valence-electron chi connectivity index (χ0n) is 21.9. The molecule has 4 rings (SSSR count). The third kappa shape index (κ3) is 6.45. The van der Waals surface area contributed by atoms with E-state index >= 15 is 0 Å². The Morgan fingerprint density at radius 2 is 1.77 bits per heavy atom. The summed E-state index contributed by atoms with van der Waals surface area (Å²) in [6.45, 7) is 5.88. The molecule has 10 nitrogen and oxygen atoms in total. The zero-order chi connectivity index (χ0) is 28.3. The smallest absolute Gasteiger partial charge is 0.408 e. The first-order valence-electron chi connectivity index (χ1n) is 12.6. The molecule has 12 heteroatoms. The van der Waals surface area contributed by atoms with Gasteiger partial charge in [-0.25, -0.2) is 13.6 Å². The number of nitrogens with zero attached hydrogens (tertiary/aromatic N) is 1. The second-order valence-corrected chi connectivity index (χ2v) is 10.6. The van der Waals surface area contributed by atoms with E-state index < -0.39 is 52.9 Å². The van der Waals surface area contributed by atoms with Crippen molar-refractivity contribution in [2.24, 2.45) is 5.92 Å². The summed E-state index contributed by atoms with van der Waals surface area (Å²) in [5.74, 6) is -3.67. The number of anilines is 2. The van der Waals surface area contributed by atoms with Crippen molar-refractivity contribution in [3.05, 3.63) is 59.2 Å². The molecule has 0 bridgehead atoms. The molecular weight excluding hydrogens is 514 g/mol. The van der Waals surface area contributed by atoms with E-state index in [-0.39, 0.29) is 18.2 Å². The zero-order valence-corrected chi connectivity index (χ0v) is 21.9. The molecule has 1 saturated heterocycles. The van der Waals surface area contributed by atoms with Crippen LogP contribution in [0.3, 0.4) is 0 Å². The van der Waals surface area contributed by atoms with Gasteiger partial charge in [0.25, 0.3) is 5.91 Å². The SMILES string of the molecule is CC(C)(C)OC(=O)NC(C(=O)N1Cc2ccc(NO)cc2[C@H]1C(=O)Nc1c(F)cccc1F)C1CCOCC1. The molecule has 0 saturated carbocycles. The number of amides is 3. The monoisotopic (exact) mass is 546 g/mol. The molecule has 0 radical (unpaired) electrons. The fourth-order valence-electron chi connectivity index (χ4n) is 4.85. The molecule has 0 aromatic heterocycles. The molecule has 210 valence electrons. The Bertz CT molecular complexity index is 1230. The molecule has 2 heterocycles. The predicted molar refractivity (Wildman–Crippen MR) is 137 cm³/mol. The first-order valence-corrected chi connectivity index (χ1v) is 12.6. The number of hydrogen-bond donors (Lipinski definition) is 4. The highest BCUT2D eigenvalue weighted by molar-refractivity contribution is 6.00. The van der Waals surface area contributed by atoms with E-state index in [4.69, 9.17) is 9.47 Å². The normalized spacial score (nSPS) is 18.2. The molecule has 2 aliphatic heterocycles. The van der Waals surface area contributed by atoms with Gasteiger partial charge in [0.15, 0.2) is 0 Å². The van der Waals surface area contributed by atoms with Gasteiger partial charge in [0.05, 0.1) is 5.69 Å². The van der Waals surface area contributed by atoms with Gasteiger partial charge >= 0.3 is 6.09 Å². The number of ether oxygens (including phenoxy) is 2. The molecule has 1 fully saturated rings. The first kappa shape index (κ1) is 28.2. The second-order valence-electron chi connectivity index (χ2n) is 10.6. The summed E-state index contributed by atoms with van der Waals surface area (Å²) in [6.07, 6.45) is 0.191. The van der Waals surface area contributed by atoms with E-state index in [1.54, 1.807) is 32.9 Å². The van der Waals surface area contributed by atoms with E-state index in [2.05, 4.69) is 10.6 Å². The molecular formula is C27H32F2N4O6. The summed E-state index contributed by atoms with van der Waals surface area (Å²) < 4.78 is 39.6. The van der Waals surface area contributed by atoms with Gasteiger partial charge in [-0.05, 0) is 74.9 Å². The van der Waals surface area contributed by atoms with Gasteiger partial charge in [-0.3, -0.25) is 20.3 Å². The maximum Gasteiger partial charge on any atom is 0.408 e. The number of nitrogens with one attached hydrogen (secondary N) is 3. The molecule has 2 aromatic carbocycles. The molecule has 2 aliphatic rings. The largest absolute Gasteiger partial charge is 0.444 e. The number of alkyl carbamates (subject to hydrolysis) is 1. The standard InChI is InChI=1S/C27H32F2N4O6/c1-27(2,3)39-26(36)31-21(15-9-11-38-12-10-15)25(35)33-14-16-7-8-17(32-37)13-18(16)23(33)24(34)30-22-19(28)5-4-6-20(22)29/h4-8,13,15,21,23,32,37H,9-12,14H2,1-3H3,(H,30,34)(H,31,36)/t21?,23-/m0/s1. The molecule has 2 aromatic rings. The van der Waals surface area contributed by atoms with Crippen LogP contribution in [0.2, 0.25) is 0 Å². The summed E-state index contributed by atoms with van der Waals surface area (Å²) in [5, 5.41) is 14.4. The van der Waals surface area contributed by atoms with Gasteiger partial charge in [0, 0.05) is 19.8 Å². The minimum atomic E-state index is -1.30. The number of benzene rings is 2. The van der Waals surface area contributed by atoms with Crippen molar-refractivity contribution in [2.75, 3.05) is 24.0 Å². The van der Waals surface area contributed by atoms with Crippen molar-refractivity contribution >= 4 is 29.3 Å².